The summed E-state index contributed by atoms with van der Waals surface area (Å²) in [4.78, 5) is 13.1. The van der Waals surface area contributed by atoms with Gasteiger partial charge in [0.1, 0.15) is 0 Å². The number of benzene rings is 2. The van der Waals surface area contributed by atoms with Gasteiger partial charge in [-0.1, -0.05) is 23.7 Å². The number of sulfonamides is 1. The van der Waals surface area contributed by atoms with Gasteiger partial charge in [-0.15, -0.1) is 0 Å². The van der Waals surface area contributed by atoms with Crippen molar-refractivity contribution in [1.29, 1.82) is 0 Å². The van der Waals surface area contributed by atoms with Crippen molar-refractivity contribution < 1.29 is 13.2 Å². The van der Waals surface area contributed by atoms with E-state index in [-0.39, 0.29) is 15.5 Å². The molecule has 2 aromatic carbocycles. The second kappa shape index (κ2) is 8.45. The zero-order valence-electron chi connectivity index (χ0n) is 17.3. The van der Waals surface area contributed by atoms with E-state index >= 15 is 0 Å². The third kappa shape index (κ3) is 4.23. The van der Waals surface area contributed by atoms with E-state index in [0.717, 1.165) is 24.2 Å². The van der Waals surface area contributed by atoms with Gasteiger partial charge in [0.15, 0.2) is 0 Å². The number of carbonyl (C=O) groups excluding carboxylic acids is 1. The molecular weight excluding hydrogens is 436 g/mol. The molecule has 0 radical (unpaired) electrons. The number of aryl methyl sites for hydroxylation is 2. The second-order valence-corrected chi connectivity index (χ2v) is 9.91. The first-order valence-electron chi connectivity index (χ1n) is 10.0. The molecule has 0 atom stereocenters. The lowest BCUT2D eigenvalue weighted by Gasteiger charge is -2.17. The summed E-state index contributed by atoms with van der Waals surface area (Å²) in [6.45, 7) is 4.81. The van der Waals surface area contributed by atoms with Crippen molar-refractivity contribution in [2.75, 3.05) is 18.4 Å². The number of aromatic nitrogens is 2. The predicted octanol–water partition coefficient (Wildman–Crippen LogP) is 4.18. The van der Waals surface area contributed by atoms with Crippen LogP contribution in [0.25, 0.3) is 5.69 Å². The maximum atomic E-state index is 13.1. The van der Waals surface area contributed by atoms with Crippen LogP contribution in [0.15, 0.2) is 53.4 Å². The summed E-state index contributed by atoms with van der Waals surface area (Å²) in [5.74, 6) is -0.488. The number of hydrogen-bond acceptors (Lipinski definition) is 4. The van der Waals surface area contributed by atoms with Crippen LogP contribution in [0.5, 0.6) is 0 Å². The highest BCUT2D eigenvalue weighted by Gasteiger charge is 2.28. The third-order valence-corrected chi connectivity index (χ3v) is 7.50. The average molecular weight is 459 g/mol. The molecule has 1 aromatic heterocycles. The Bertz CT molecular complexity index is 1250. The Balaban J connectivity index is 1.67. The largest absolute Gasteiger partial charge is 0.320 e. The van der Waals surface area contributed by atoms with Crippen LogP contribution in [0.1, 0.15) is 34.6 Å². The lowest BCUT2D eigenvalue weighted by atomic mass is 10.2. The molecule has 1 N–H and O–H groups in total. The van der Waals surface area contributed by atoms with Gasteiger partial charge in [0.05, 0.1) is 32.6 Å². The van der Waals surface area contributed by atoms with Crippen LogP contribution in [-0.2, 0) is 10.0 Å². The van der Waals surface area contributed by atoms with Gasteiger partial charge in [-0.3, -0.25) is 4.79 Å². The molecule has 1 fully saturated rings. The molecule has 0 bridgehead atoms. The number of nitrogens with zero attached hydrogens (tertiary/aromatic N) is 3. The summed E-state index contributed by atoms with van der Waals surface area (Å²) < 4.78 is 29.0. The molecule has 9 heteroatoms. The van der Waals surface area contributed by atoms with Crippen molar-refractivity contribution in [2.45, 2.75) is 31.6 Å². The highest BCUT2D eigenvalue weighted by molar-refractivity contribution is 7.89. The first-order valence-corrected chi connectivity index (χ1v) is 11.8. The molecule has 3 aromatic rings. The quantitative estimate of drug-likeness (QED) is 0.621. The van der Waals surface area contributed by atoms with Gasteiger partial charge in [-0.05, 0) is 63.1 Å². The summed E-state index contributed by atoms with van der Waals surface area (Å²) in [6, 6.07) is 13.5. The number of halogens is 1. The SMILES string of the molecule is Cc1cc(C)n(-c2ccccc2NC(=O)c2cc(S(=O)(=O)N3CCCC3)ccc2Cl)n1. The minimum absolute atomic E-state index is 0.0655. The van der Waals surface area contributed by atoms with Crippen molar-refractivity contribution in [3.8, 4) is 5.69 Å². The second-order valence-electron chi connectivity index (χ2n) is 7.56. The van der Waals surface area contributed by atoms with Crippen LogP contribution in [0, 0.1) is 13.8 Å². The number of nitrogens with one attached hydrogen (secondary N) is 1. The first kappa shape index (κ1) is 21.5. The standard InChI is InChI=1S/C22H23ClN4O3S/c1-15-13-16(2)27(25-15)21-8-4-3-7-20(21)24-22(28)18-14-17(9-10-19(18)23)31(29,30)26-11-5-6-12-26/h3-4,7-10,13-14H,5-6,11-12H2,1-2H3,(H,24,28). The molecular formula is C22H23ClN4O3S. The molecule has 2 heterocycles. The van der Waals surface area contributed by atoms with Crippen LogP contribution in [0.3, 0.4) is 0 Å². The van der Waals surface area contributed by atoms with E-state index in [9.17, 15) is 13.2 Å². The van der Waals surface area contributed by atoms with Crippen LogP contribution in [-0.4, -0.2) is 41.5 Å². The van der Waals surface area contributed by atoms with E-state index in [0.29, 0.717) is 24.5 Å². The smallest absolute Gasteiger partial charge is 0.257 e. The summed E-state index contributed by atoms with van der Waals surface area (Å²) in [5, 5.41) is 7.52. The number of para-hydroxylation sites is 2. The van der Waals surface area contributed by atoms with Crippen molar-refractivity contribution in [2.24, 2.45) is 0 Å². The Kier molecular flexibility index (Phi) is 5.88. The van der Waals surface area contributed by atoms with E-state index in [1.54, 1.807) is 16.8 Å². The molecule has 0 saturated carbocycles. The zero-order chi connectivity index (χ0) is 22.2. The topological polar surface area (TPSA) is 84.3 Å². The van der Waals surface area contributed by atoms with Crippen LogP contribution in [0.4, 0.5) is 5.69 Å². The number of carbonyl (C=O) groups is 1. The maximum absolute atomic E-state index is 13.1. The van der Waals surface area contributed by atoms with Crippen LogP contribution in [0.2, 0.25) is 5.02 Å². The summed E-state index contributed by atoms with van der Waals surface area (Å²) in [7, 11) is -3.66. The molecule has 7 nitrogen and oxygen atoms in total. The van der Waals surface area contributed by atoms with Crippen LogP contribution < -0.4 is 5.32 Å². The maximum Gasteiger partial charge on any atom is 0.257 e. The normalized spacial score (nSPS) is 14.7. The number of rotatable bonds is 5. The molecule has 1 amide bonds. The Hall–Kier alpha value is -2.68. The minimum atomic E-state index is -3.66. The van der Waals surface area contributed by atoms with Crippen molar-refractivity contribution >= 4 is 33.2 Å². The molecule has 1 aliphatic heterocycles. The summed E-state index contributed by atoms with van der Waals surface area (Å²) in [5.41, 5.74) is 3.14. The average Bonchev–Trinajstić information content (AvgIpc) is 3.38. The highest BCUT2D eigenvalue weighted by atomic mass is 35.5. The predicted molar refractivity (Wildman–Crippen MR) is 120 cm³/mol. The fourth-order valence-corrected chi connectivity index (χ4v) is 5.49. The first-order chi connectivity index (χ1) is 14.8. The van der Waals surface area contributed by atoms with Gasteiger partial charge in [-0.2, -0.15) is 9.40 Å². The monoisotopic (exact) mass is 458 g/mol. The zero-order valence-corrected chi connectivity index (χ0v) is 18.9. The lowest BCUT2D eigenvalue weighted by molar-refractivity contribution is 0.102. The van der Waals surface area contributed by atoms with Crippen molar-refractivity contribution in [3.63, 3.8) is 0 Å². The van der Waals surface area contributed by atoms with Gasteiger partial charge in [0.2, 0.25) is 10.0 Å². The minimum Gasteiger partial charge on any atom is -0.320 e. The van der Waals surface area contributed by atoms with Gasteiger partial charge in [-0.25, -0.2) is 13.1 Å². The van der Waals surface area contributed by atoms with E-state index < -0.39 is 15.9 Å². The van der Waals surface area contributed by atoms with Crippen molar-refractivity contribution in [3.05, 3.63) is 70.5 Å². The fraction of sp³-hybridized carbons (Fsp3) is 0.273. The van der Waals surface area contributed by atoms with Crippen molar-refractivity contribution in [1.82, 2.24) is 14.1 Å². The van der Waals surface area contributed by atoms with Gasteiger partial charge < -0.3 is 5.32 Å². The molecule has 0 aliphatic carbocycles. The lowest BCUT2D eigenvalue weighted by Crippen LogP contribution is -2.28. The molecule has 31 heavy (non-hydrogen) atoms. The Labute approximate surface area is 186 Å². The number of anilines is 1. The Morgan fingerprint density at radius 1 is 1.06 bits per heavy atom. The number of hydrogen-bond donors (Lipinski definition) is 1. The van der Waals surface area contributed by atoms with Gasteiger partial charge in [0.25, 0.3) is 5.91 Å². The number of amides is 1. The van der Waals surface area contributed by atoms with Gasteiger partial charge in [0, 0.05) is 18.8 Å². The molecule has 4 rings (SSSR count). The third-order valence-electron chi connectivity index (χ3n) is 5.28. The van der Waals surface area contributed by atoms with E-state index in [1.165, 1.54) is 22.5 Å². The Morgan fingerprint density at radius 3 is 2.45 bits per heavy atom. The summed E-state index contributed by atoms with van der Waals surface area (Å²) in [6.07, 6.45) is 1.67. The van der Waals surface area contributed by atoms with Gasteiger partial charge >= 0.3 is 0 Å². The van der Waals surface area contributed by atoms with E-state index in [2.05, 4.69) is 10.4 Å². The highest BCUT2D eigenvalue weighted by Crippen LogP contribution is 2.27. The van der Waals surface area contributed by atoms with E-state index in [4.69, 9.17) is 11.6 Å². The molecule has 0 unspecified atom stereocenters. The Morgan fingerprint density at radius 2 is 1.77 bits per heavy atom. The summed E-state index contributed by atoms with van der Waals surface area (Å²) >= 11 is 6.27. The molecule has 0 spiro atoms. The fourth-order valence-electron chi connectivity index (χ4n) is 3.74. The molecule has 1 aliphatic rings. The molecule has 1 saturated heterocycles. The van der Waals surface area contributed by atoms with Crippen LogP contribution >= 0.6 is 11.6 Å². The van der Waals surface area contributed by atoms with E-state index in [1.807, 2.05) is 32.0 Å². The molecule has 162 valence electrons.